The molecule has 1 fully saturated rings. The van der Waals surface area contributed by atoms with Crippen molar-refractivity contribution in [2.75, 3.05) is 17.2 Å². The predicted octanol–water partition coefficient (Wildman–Crippen LogP) is 1.64. The van der Waals surface area contributed by atoms with E-state index >= 15 is 0 Å². The summed E-state index contributed by atoms with van der Waals surface area (Å²) in [5.41, 5.74) is 7.04. The smallest absolute Gasteiger partial charge is 0.234 e. The summed E-state index contributed by atoms with van der Waals surface area (Å²) in [6.07, 6.45) is 0. The highest BCUT2D eigenvalue weighted by Gasteiger charge is 2.44. The van der Waals surface area contributed by atoms with Crippen molar-refractivity contribution in [1.82, 2.24) is 0 Å². The maximum absolute atomic E-state index is 11.7. The van der Waals surface area contributed by atoms with E-state index in [0.29, 0.717) is 5.69 Å². The van der Waals surface area contributed by atoms with Gasteiger partial charge in [0.1, 0.15) is 0 Å². The molecule has 0 saturated carbocycles. The second-order valence-electron chi connectivity index (χ2n) is 4.37. The Morgan fingerprint density at radius 3 is 2.64 bits per heavy atom. The number of rotatable bonds is 1. The second-order valence-corrected chi connectivity index (χ2v) is 4.37. The molecule has 0 bridgehead atoms. The molecule has 0 atom stereocenters. The highest BCUT2D eigenvalue weighted by atomic mass is 16.2. The van der Waals surface area contributed by atoms with Crippen molar-refractivity contribution in [3.8, 4) is 0 Å². The Morgan fingerprint density at radius 1 is 1.43 bits per heavy atom. The topological polar surface area (TPSA) is 46.3 Å². The Bertz CT molecular complexity index is 385. The van der Waals surface area contributed by atoms with Gasteiger partial charge in [-0.05, 0) is 32.0 Å². The lowest BCUT2D eigenvalue weighted by molar-refractivity contribution is -0.132. The molecule has 0 unspecified atom stereocenters. The van der Waals surface area contributed by atoms with Crippen LogP contribution >= 0.6 is 0 Å². The molecule has 14 heavy (non-hydrogen) atoms. The van der Waals surface area contributed by atoms with Crippen LogP contribution in [0.4, 0.5) is 11.4 Å². The maximum atomic E-state index is 11.7. The van der Waals surface area contributed by atoms with E-state index in [-0.39, 0.29) is 11.3 Å². The summed E-state index contributed by atoms with van der Waals surface area (Å²) in [4.78, 5) is 13.4. The number of hydrogen-bond donors (Lipinski definition) is 1. The van der Waals surface area contributed by atoms with Crippen LogP contribution < -0.4 is 10.6 Å². The van der Waals surface area contributed by atoms with Crippen molar-refractivity contribution >= 4 is 17.3 Å². The molecule has 2 rings (SSSR count). The van der Waals surface area contributed by atoms with Gasteiger partial charge in [-0.3, -0.25) is 4.79 Å². The van der Waals surface area contributed by atoms with Gasteiger partial charge in [0.15, 0.2) is 0 Å². The van der Waals surface area contributed by atoms with Crippen LogP contribution in [0.2, 0.25) is 0 Å². The first kappa shape index (κ1) is 9.06. The second kappa shape index (κ2) is 2.74. The van der Waals surface area contributed by atoms with Gasteiger partial charge in [-0.2, -0.15) is 0 Å². The van der Waals surface area contributed by atoms with Gasteiger partial charge in [0.25, 0.3) is 0 Å². The van der Waals surface area contributed by atoms with Crippen LogP contribution in [0.25, 0.3) is 0 Å². The Kier molecular flexibility index (Phi) is 1.77. The number of amides is 1. The van der Waals surface area contributed by atoms with Crippen molar-refractivity contribution in [2.45, 2.75) is 13.8 Å². The summed E-state index contributed by atoms with van der Waals surface area (Å²) in [5, 5.41) is 0. The number of anilines is 2. The molecule has 74 valence electrons. The third-order valence-corrected chi connectivity index (χ3v) is 2.56. The van der Waals surface area contributed by atoms with E-state index < -0.39 is 0 Å². The zero-order valence-electron chi connectivity index (χ0n) is 8.45. The van der Waals surface area contributed by atoms with E-state index in [0.717, 1.165) is 12.2 Å². The highest BCUT2D eigenvalue weighted by molar-refractivity contribution is 6.04. The predicted molar refractivity (Wildman–Crippen MR) is 57.0 cm³/mol. The van der Waals surface area contributed by atoms with E-state index in [1.165, 1.54) is 0 Å². The summed E-state index contributed by atoms with van der Waals surface area (Å²) in [7, 11) is 0. The van der Waals surface area contributed by atoms with E-state index in [1.54, 1.807) is 4.90 Å². The third-order valence-electron chi connectivity index (χ3n) is 2.56. The molecule has 3 heteroatoms. The van der Waals surface area contributed by atoms with Gasteiger partial charge < -0.3 is 10.6 Å². The summed E-state index contributed by atoms with van der Waals surface area (Å²) in [5.74, 6) is 0.170. The van der Waals surface area contributed by atoms with Gasteiger partial charge in [0, 0.05) is 17.9 Å². The van der Waals surface area contributed by atoms with Crippen LogP contribution in [0.1, 0.15) is 13.8 Å². The molecule has 0 aromatic heterocycles. The molecular formula is C11H14N2O. The van der Waals surface area contributed by atoms with Crippen LogP contribution in [0.15, 0.2) is 24.3 Å². The van der Waals surface area contributed by atoms with Crippen molar-refractivity contribution in [3.05, 3.63) is 24.3 Å². The molecule has 0 spiro atoms. The number of benzene rings is 1. The summed E-state index contributed by atoms with van der Waals surface area (Å²) < 4.78 is 0. The highest BCUT2D eigenvalue weighted by Crippen LogP contribution is 2.35. The fraction of sp³-hybridized carbons (Fsp3) is 0.364. The Hall–Kier alpha value is -1.51. The molecular weight excluding hydrogens is 176 g/mol. The van der Waals surface area contributed by atoms with E-state index in [9.17, 15) is 4.79 Å². The zero-order chi connectivity index (χ0) is 10.3. The molecule has 3 nitrogen and oxygen atoms in total. The van der Waals surface area contributed by atoms with Gasteiger partial charge >= 0.3 is 0 Å². The number of carbonyl (C=O) groups excluding carboxylic acids is 1. The minimum absolute atomic E-state index is 0.170. The first-order chi connectivity index (χ1) is 6.50. The van der Waals surface area contributed by atoms with Gasteiger partial charge in [-0.1, -0.05) is 6.07 Å². The number of hydrogen-bond acceptors (Lipinski definition) is 2. The molecule has 1 saturated heterocycles. The molecule has 0 aliphatic carbocycles. The lowest BCUT2D eigenvalue weighted by atomic mass is 9.83. The first-order valence-electron chi connectivity index (χ1n) is 4.68. The summed E-state index contributed by atoms with van der Waals surface area (Å²) >= 11 is 0. The van der Waals surface area contributed by atoms with Crippen molar-refractivity contribution in [2.24, 2.45) is 5.41 Å². The van der Waals surface area contributed by atoms with Gasteiger partial charge in [-0.15, -0.1) is 0 Å². The minimum Gasteiger partial charge on any atom is -0.399 e. The monoisotopic (exact) mass is 190 g/mol. The number of nitrogens with zero attached hydrogens (tertiary/aromatic N) is 1. The van der Waals surface area contributed by atoms with Gasteiger partial charge in [-0.25, -0.2) is 0 Å². The summed E-state index contributed by atoms with van der Waals surface area (Å²) in [6, 6.07) is 7.42. The standard InChI is InChI=1S/C11H14N2O/c1-11(2)7-13(10(11)14)9-5-3-4-8(12)6-9/h3-6H,7,12H2,1-2H3. The van der Waals surface area contributed by atoms with Gasteiger partial charge in [0.05, 0.1) is 5.41 Å². The fourth-order valence-electron chi connectivity index (χ4n) is 1.71. The summed E-state index contributed by atoms with van der Waals surface area (Å²) in [6.45, 7) is 4.69. The molecule has 1 aromatic rings. The normalized spacial score (nSPS) is 19.3. The van der Waals surface area contributed by atoms with Crippen LogP contribution in [0.5, 0.6) is 0 Å². The lowest BCUT2D eigenvalue weighted by Gasteiger charge is -2.44. The average Bonchev–Trinajstić information content (AvgIpc) is 2.14. The minimum atomic E-state index is -0.204. The number of β-lactam (4-membered cyclic amide) rings is 1. The van der Waals surface area contributed by atoms with Crippen LogP contribution in [0, 0.1) is 5.41 Å². The van der Waals surface area contributed by atoms with Crippen LogP contribution in [-0.4, -0.2) is 12.5 Å². The Balaban J connectivity index is 2.24. The van der Waals surface area contributed by atoms with Crippen molar-refractivity contribution in [1.29, 1.82) is 0 Å². The zero-order valence-corrected chi connectivity index (χ0v) is 8.45. The molecule has 1 aliphatic rings. The molecule has 2 N–H and O–H groups in total. The number of carbonyl (C=O) groups is 1. The molecule has 1 heterocycles. The van der Waals surface area contributed by atoms with E-state index in [2.05, 4.69) is 0 Å². The Labute approximate surface area is 83.5 Å². The van der Waals surface area contributed by atoms with Crippen LogP contribution in [0.3, 0.4) is 0 Å². The Morgan fingerprint density at radius 2 is 2.14 bits per heavy atom. The largest absolute Gasteiger partial charge is 0.399 e. The average molecular weight is 190 g/mol. The van der Waals surface area contributed by atoms with Crippen molar-refractivity contribution in [3.63, 3.8) is 0 Å². The van der Waals surface area contributed by atoms with Gasteiger partial charge in [0.2, 0.25) is 5.91 Å². The molecule has 1 aromatic carbocycles. The number of nitrogen functional groups attached to an aromatic ring is 1. The molecule has 1 amide bonds. The lowest BCUT2D eigenvalue weighted by Crippen LogP contribution is -2.58. The SMILES string of the molecule is CC1(C)CN(c2cccc(N)c2)C1=O. The third kappa shape index (κ3) is 1.25. The number of nitrogens with two attached hydrogens (primary N) is 1. The quantitative estimate of drug-likeness (QED) is 0.540. The van der Waals surface area contributed by atoms with E-state index in [4.69, 9.17) is 5.73 Å². The maximum Gasteiger partial charge on any atom is 0.234 e. The van der Waals surface area contributed by atoms with E-state index in [1.807, 2.05) is 38.1 Å². The fourth-order valence-corrected chi connectivity index (χ4v) is 1.71. The van der Waals surface area contributed by atoms with Crippen molar-refractivity contribution < 1.29 is 4.79 Å². The molecule has 0 radical (unpaired) electrons. The first-order valence-corrected chi connectivity index (χ1v) is 4.68. The van der Waals surface area contributed by atoms with Crippen LogP contribution in [-0.2, 0) is 4.79 Å². The molecule has 1 aliphatic heterocycles.